The van der Waals surface area contributed by atoms with Crippen molar-refractivity contribution in [2.75, 3.05) is 14.2 Å². The van der Waals surface area contributed by atoms with Gasteiger partial charge in [0, 0.05) is 5.56 Å². The van der Waals surface area contributed by atoms with Crippen LogP contribution in [-0.2, 0) is 41.8 Å². The van der Waals surface area contributed by atoms with Crippen molar-refractivity contribution in [2.45, 2.75) is 20.1 Å². The Bertz CT molecular complexity index is 620. The Morgan fingerprint density at radius 2 is 1.48 bits per heavy atom. The number of esters is 2. The van der Waals surface area contributed by atoms with Crippen molar-refractivity contribution >= 4 is 24.9 Å². The Hall–Kier alpha value is -2.90. The number of hydrogen-bond acceptors (Lipinski definition) is 8. The SMILES string of the molecule is COC(=O)c1c(C)cc(COC=O)c(COC=O)c1C(=O)OC. The van der Waals surface area contributed by atoms with E-state index in [4.69, 9.17) is 14.2 Å². The molecule has 0 aliphatic rings. The molecule has 1 aromatic rings. The average molecular weight is 324 g/mol. The zero-order chi connectivity index (χ0) is 17.4. The lowest BCUT2D eigenvalue weighted by Crippen LogP contribution is -2.19. The van der Waals surface area contributed by atoms with Crippen molar-refractivity contribution in [1.82, 2.24) is 0 Å². The summed E-state index contributed by atoms with van der Waals surface area (Å²) < 4.78 is 18.8. The number of ether oxygens (including phenoxy) is 4. The third-order valence-corrected chi connectivity index (χ3v) is 3.11. The van der Waals surface area contributed by atoms with E-state index in [9.17, 15) is 19.2 Å². The molecule has 0 fully saturated rings. The summed E-state index contributed by atoms with van der Waals surface area (Å²) in [7, 11) is 2.32. The van der Waals surface area contributed by atoms with Crippen molar-refractivity contribution in [3.05, 3.63) is 33.9 Å². The summed E-state index contributed by atoms with van der Waals surface area (Å²) in [6.07, 6.45) is 0. The minimum atomic E-state index is -0.800. The zero-order valence-electron chi connectivity index (χ0n) is 12.9. The molecular weight excluding hydrogens is 308 g/mol. The maximum atomic E-state index is 12.1. The lowest BCUT2D eigenvalue weighted by Gasteiger charge is -2.17. The van der Waals surface area contributed by atoms with E-state index in [0.29, 0.717) is 11.1 Å². The highest BCUT2D eigenvalue weighted by molar-refractivity contribution is 6.05. The van der Waals surface area contributed by atoms with Gasteiger partial charge in [-0.15, -0.1) is 0 Å². The highest BCUT2D eigenvalue weighted by atomic mass is 16.5. The predicted octanol–water partition coefficient (Wildman–Crippen LogP) is 0.914. The fourth-order valence-electron chi connectivity index (χ4n) is 2.16. The van der Waals surface area contributed by atoms with E-state index in [1.807, 2.05) is 0 Å². The van der Waals surface area contributed by atoms with Crippen molar-refractivity contribution in [1.29, 1.82) is 0 Å². The number of carbonyl (C=O) groups excluding carboxylic acids is 4. The van der Waals surface area contributed by atoms with Gasteiger partial charge in [-0.05, 0) is 18.1 Å². The lowest BCUT2D eigenvalue weighted by molar-refractivity contribution is -0.131. The Kier molecular flexibility index (Phi) is 6.72. The van der Waals surface area contributed by atoms with Gasteiger partial charge in [0.1, 0.15) is 13.2 Å². The fraction of sp³-hybridized carbons (Fsp3) is 0.333. The van der Waals surface area contributed by atoms with Crippen LogP contribution in [-0.4, -0.2) is 39.1 Å². The van der Waals surface area contributed by atoms with Crippen LogP contribution in [0.5, 0.6) is 0 Å². The quantitative estimate of drug-likeness (QED) is 0.395. The van der Waals surface area contributed by atoms with Gasteiger partial charge in [0.15, 0.2) is 0 Å². The molecule has 0 radical (unpaired) electrons. The standard InChI is InChI=1S/C15H16O8/c1-9-4-10(5-22-7-16)11(6-23-8-17)13(15(19)21-3)12(9)14(18)20-2/h4,7-8H,5-6H2,1-3H3. The maximum Gasteiger partial charge on any atom is 0.339 e. The summed E-state index contributed by atoms with van der Waals surface area (Å²) in [6.45, 7) is 1.57. The topological polar surface area (TPSA) is 105 Å². The monoisotopic (exact) mass is 324 g/mol. The van der Waals surface area contributed by atoms with Crippen LogP contribution in [0.1, 0.15) is 37.4 Å². The Labute approximate surface area is 132 Å². The summed E-state index contributed by atoms with van der Waals surface area (Å²) in [5.74, 6) is -1.54. The third kappa shape index (κ3) is 4.06. The number of carbonyl (C=O) groups is 4. The van der Waals surface area contributed by atoms with Gasteiger partial charge in [0.2, 0.25) is 0 Å². The minimum Gasteiger partial charge on any atom is -0.465 e. The lowest BCUT2D eigenvalue weighted by atomic mass is 9.92. The van der Waals surface area contributed by atoms with Crippen LogP contribution in [0, 0.1) is 6.92 Å². The van der Waals surface area contributed by atoms with Crippen LogP contribution in [0.3, 0.4) is 0 Å². The second-order valence-corrected chi connectivity index (χ2v) is 4.38. The molecule has 0 heterocycles. The first-order valence-electron chi connectivity index (χ1n) is 6.44. The predicted molar refractivity (Wildman–Crippen MR) is 75.6 cm³/mol. The number of methoxy groups -OCH3 is 2. The summed E-state index contributed by atoms with van der Waals surface area (Å²) in [6, 6.07) is 1.55. The van der Waals surface area contributed by atoms with Crippen LogP contribution >= 0.6 is 0 Å². The molecule has 1 aromatic carbocycles. The highest BCUT2D eigenvalue weighted by Gasteiger charge is 2.27. The first-order chi connectivity index (χ1) is 11.0. The zero-order valence-corrected chi connectivity index (χ0v) is 12.9. The molecule has 0 aromatic heterocycles. The molecule has 0 aliphatic heterocycles. The van der Waals surface area contributed by atoms with Crippen LogP contribution in [0.2, 0.25) is 0 Å². The van der Waals surface area contributed by atoms with E-state index in [2.05, 4.69) is 4.74 Å². The molecule has 0 aliphatic carbocycles. The Balaban J connectivity index is 3.65. The maximum absolute atomic E-state index is 12.1. The van der Waals surface area contributed by atoms with Crippen LogP contribution in [0.15, 0.2) is 6.07 Å². The van der Waals surface area contributed by atoms with Gasteiger partial charge in [0.05, 0.1) is 25.3 Å². The van der Waals surface area contributed by atoms with Gasteiger partial charge in [-0.25, -0.2) is 9.59 Å². The van der Waals surface area contributed by atoms with Crippen molar-refractivity contribution in [2.24, 2.45) is 0 Å². The van der Waals surface area contributed by atoms with E-state index < -0.39 is 11.9 Å². The van der Waals surface area contributed by atoms with Crippen LogP contribution in [0.25, 0.3) is 0 Å². The van der Waals surface area contributed by atoms with E-state index in [1.165, 1.54) is 7.11 Å². The number of rotatable bonds is 8. The van der Waals surface area contributed by atoms with Gasteiger partial charge in [-0.2, -0.15) is 0 Å². The molecule has 8 heteroatoms. The molecule has 0 unspecified atom stereocenters. The smallest absolute Gasteiger partial charge is 0.339 e. The van der Waals surface area contributed by atoms with Crippen LogP contribution < -0.4 is 0 Å². The molecule has 0 spiro atoms. The molecule has 0 N–H and O–H groups in total. The number of aryl methyl sites for hydroxylation is 1. The Morgan fingerprint density at radius 3 is 2.00 bits per heavy atom. The van der Waals surface area contributed by atoms with E-state index in [1.54, 1.807) is 13.0 Å². The Morgan fingerprint density at radius 1 is 0.957 bits per heavy atom. The van der Waals surface area contributed by atoms with Gasteiger partial charge in [0.25, 0.3) is 12.9 Å². The van der Waals surface area contributed by atoms with Gasteiger partial charge >= 0.3 is 11.9 Å². The molecule has 0 bridgehead atoms. The molecule has 1 rings (SSSR count). The first-order valence-corrected chi connectivity index (χ1v) is 6.44. The normalized spacial score (nSPS) is 9.70. The number of hydrogen-bond donors (Lipinski definition) is 0. The van der Waals surface area contributed by atoms with Gasteiger partial charge in [-0.3, -0.25) is 9.59 Å². The minimum absolute atomic E-state index is 0.00120. The summed E-state index contributed by atoms with van der Waals surface area (Å²) >= 11 is 0. The molecule has 8 nitrogen and oxygen atoms in total. The molecular formula is C15H16O8. The van der Waals surface area contributed by atoms with Crippen molar-refractivity contribution in [3.8, 4) is 0 Å². The molecule has 0 amide bonds. The van der Waals surface area contributed by atoms with Crippen molar-refractivity contribution < 1.29 is 38.1 Å². The number of benzene rings is 1. The van der Waals surface area contributed by atoms with E-state index in [0.717, 1.165) is 7.11 Å². The molecule has 0 saturated carbocycles. The van der Waals surface area contributed by atoms with Gasteiger partial charge in [-0.1, -0.05) is 6.07 Å². The second-order valence-electron chi connectivity index (χ2n) is 4.38. The van der Waals surface area contributed by atoms with Crippen LogP contribution in [0.4, 0.5) is 0 Å². The van der Waals surface area contributed by atoms with E-state index >= 15 is 0 Å². The summed E-state index contributed by atoms with van der Waals surface area (Å²) in [4.78, 5) is 45.0. The van der Waals surface area contributed by atoms with Crippen molar-refractivity contribution in [3.63, 3.8) is 0 Å². The second kappa shape index (κ2) is 8.52. The molecule has 0 atom stereocenters. The molecule has 124 valence electrons. The highest BCUT2D eigenvalue weighted by Crippen LogP contribution is 2.26. The average Bonchev–Trinajstić information content (AvgIpc) is 2.56. The van der Waals surface area contributed by atoms with E-state index in [-0.39, 0.29) is 42.8 Å². The van der Waals surface area contributed by atoms with Gasteiger partial charge < -0.3 is 18.9 Å². The first kappa shape index (κ1) is 18.1. The summed E-state index contributed by atoms with van der Waals surface area (Å²) in [5.41, 5.74) is 0.947. The molecule has 23 heavy (non-hydrogen) atoms. The third-order valence-electron chi connectivity index (χ3n) is 3.11. The summed E-state index contributed by atoms with van der Waals surface area (Å²) in [5, 5.41) is 0. The fourth-order valence-corrected chi connectivity index (χ4v) is 2.16. The largest absolute Gasteiger partial charge is 0.465 e. The molecule has 0 saturated heterocycles.